The van der Waals surface area contributed by atoms with Crippen LogP contribution in [0, 0.1) is 0 Å². The Bertz CT molecular complexity index is 899. The van der Waals surface area contributed by atoms with Gasteiger partial charge in [0.2, 0.25) is 0 Å². The van der Waals surface area contributed by atoms with Gasteiger partial charge in [-0.1, -0.05) is 42.5 Å². The maximum Gasteiger partial charge on any atom is 0.310 e. The summed E-state index contributed by atoms with van der Waals surface area (Å²) in [4.78, 5) is 35.8. The number of carbonyl (C=O) groups is 3. The van der Waals surface area contributed by atoms with Crippen LogP contribution in [-0.4, -0.2) is 17.8 Å². The van der Waals surface area contributed by atoms with Crippen LogP contribution >= 0.6 is 0 Å². The first-order chi connectivity index (χ1) is 13.6. The molecule has 1 aliphatic heterocycles. The van der Waals surface area contributed by atoms with Crippen LogP contribution in [0.15, 0.2) is 55.1 Å². The Morgan fingerprint density at radius 2 is 1.75 bits per heavy atom. The number of aryl methyl sites for hydroxylation is 1. The van der Waals surface area contributed by atoms with Crippen molar-refractivity contribution in [3.05, 3.63) is 82.9 Å². The largest absolute Gasteiger partial charge is 0.461 e. The lowest BCUT2D eigenvalue weighted by Crippen LogP contribution is -2.20. The molecular formula is C23H23NO4. The molecule has 0 atom stereocenters. The Morgan fingerprint density at radius 1 is 1.00 bits per heavy atom. The average Bonchev–Trinajstić information content (AvgIpc) is 2.99. The first-order valence-corrected chi connectivity index (χ1v) is 9.40. The molecule has 144 valence electrons. The number of fused-ring (bicyclic) bond motifs is 1. The SMILES string of the molecule is C=CCCCCc1ccc(COC(=O)Cc2cccc3c2C(=O)NC3=O)cc1. The van der Waals surface area contributed by atoms with Crippen LogP contribution in [0.2, 0.25) is 0 Å². The maximum atomic E-state index is 12.2. The van der Waals surface area contributed by atoms with Crippen molar-refractivity contribution in [3.8, 4) is 0 Å². The molecule has 0 unspecified atom stereocenters. The number of ether oxygens (including phenoxy) is 1. The molecule has 0 aromatic heterocycles. The zero-order valence-corrected chi connectivity index (χ0v) is 15.7. The molecule has 2 aromatic carbocycles. The summed E-state index contributed by atoms with van der Waals surface area (Å²) in [5.74, 6) is -1.33. The smallest absolute Gasteiger partial charge is 0.310 e. The second-order valence-electron chi connectivity index (χ2n) is 6.81. The van der Waals surface area contributed by atoms with E-state index in [0.29, 0.717) is 11.1 Å². The van der Waals surface area contributed by atoms with E-state index in [0.717, 1.165) is 31.2 Å². The lowest BCUT2D eigenvalue weighted by atomic mass is 10.0. The number of esters is 1. The van der Waals surface area contributed by atoms with Crippen molar-refractivity contribution in [2.45, 2.75) is 38.7 Å². The summed E-state index contributed by atoms with van der Waals surface area (Å²) >= 11 is 0. The van der Waals surface area contributed by atoms with E-state index < -0.39 is 17.8 Å². The van der Waals surface area contributed by atoms with E-state index in [1.165, 1.54) is 5.56 Å². The van der Waals surface area contributed by atoms with E-state index in [4.69, 9.17) is 4.74 Å². The van der Waals surface area contributed by atoms with Gasteiger partial charge in [0.05, 0.1) is 17.5 Å². The van der Waals surface area contributed by atoms with Gasteiger partial charge in [0, 0.05) is 0 Å². The number of nitrogens with one attached hydrogen (secondary N) is 1. The first kappa shape index (κ1) is 19.5. The fourth-order valence-electron chi connectivity index (χ4n) is 3.23. The summed E-state index contributed by atoms with van der Waals surface area (Å²) in [5.41, 5.74) is 3.24. The van der Waals surface area contributed by atoms with Gasteiger partial charge in [-0.05, 0) is 48.4 Å². The van der Waals surface area contributed by atoms with E-state index in [1.807, 2.05) is 18.2 Å². The highest BCUT2D eigenvalue weighted by atomic mass is 16.5. The zero-order valence-electron chi connectivity index (χ0n) is 15.7. The van der Waals surface area contributed by atoms with Gasteiger partial charge in [-0.25, -0.2) is 0 Å². The molecule has 2 aromatic rings. The third kappa shape index (κ3) is 4.74. The molecule has 0 aliphatic carbocycles. The molecule has 28 heavy (non-hydrogen) atoms. The number of hydrogen-bond donors (Lipinski definition) is 1. The number of benzene rings is 2. The summed E-state index contributed by atoms with van der Waals surface area (Å²) in [6, 6.07) is 12.9. The molecule has 1 N–H and O–H groups in total. The van der Waals surface area contributed by atoms with Crippen LogP contribution in [0.4, 0.5) is 0 Å². The zero-order chi connectivity index (χ0) is 19.9. The van der Waals surface area contributed by atoms with Gasteiger partial charge in [0.25, 0.3) is 11.8 Å². The molecule has 0 fully saturated rings. The minimum Gasteiger partial charge on any atom is -0.461 e. The maximum absolute atomic E-state index is 12.2. The van der Waals surface area contributed by atoms with Crippen molar-refractivity contribution < 1.29 is 19.1 Å². The molecule has 1 aliphatic rings. The van der Waals surface area contributed by atoms with E-state index in [-0.39, 0.29) is 18.6 Å². The highest BCUT2D eigenvalue weighted by molar-refractivity contribution is 6.22. The number of carbonyl (C=O) groups excluding carboxylic acids is 3. The average molecular weight is 377 g/mol. The quantitative estimate of drug-likeness (QED) is 0.313. The molecule has 2 amide bonds. The van der Waals surface area contributed by atoms with Crippen LogP contribution < -0.4 is 5.32 Å². The Balaban J connectivity index is 1.52. The number of unbranched alkanes of at least 4 members (excludes halogenated alkanes) is 2. The molecule has 5 heteroatoms. The predicted molar refractivity (Wildman–Crippen MR) is 106 cm³/mol. The standard InChI is InChI=1S/C23H23NO4/c1-2-3-4-5-7-16-10-12-17(13-11-16)15-28-20(25)14-18-8-6-9-19-21(18)23(27)24-22(19)26/h2,6,8-13H,1,3-5,7,14-15H2,(H,24,26,27). The highest BCUT2D eigenvalue weighted by Crippen LogP contribution is 2.21. The van der Waals surface area contributed by atoms with Crippen LogP contribution in [0.3, 0.4) is 0 Å². The first-order valence-electron chi connectivity index (χ1n) is 9.40. The predicted octanol–water partition coefficient (Wildman–Crippen LogP) is 3.75. The Kier molecular flexibility index (Phi) is 6.37. The van der Waals surface area contributed by atoms with Gasteiger partial charge in [-0.15, -0.1) is 6.58 Å². The van der Waals surface area contributed by atoms with E-state index in [2.05, 4.69) is 24.0 Å². The third-order valence-electron chi connectivity index (χ3n) is 4.73. The van der Waals surface area contributed by atoms with E-state index >= 15 is 0 Å². The highest BCUT2D eigenvalue weighted by Gasteiger charge is 2.29. The summed E-state index contributed by atoms with van der Waals surface area (Å²) in [7, 11) is 0. The van der Waals surface area contributed by atoms with Crippen molar-refractivity contribution in [1.82, 2.24) is 5.32 Å². The van der Waals surface area contributed by atoms with Crippen LogP contribution in [0.25, 0.3) is 0 Å². The summed E-state index contributed by atoms with van der Waals surface area (Å²) in [6.45, 7) is 3.90. The van der Waals surface area contributed by atoms with Gasteiger partial charge < -0.3 is 4.74 Å². The molecular weight excluding hydrogens is 354 g/mol. The number of hydrogen-bond acceptors (Lipinski definition) is 4. The number of allylic oxidation sites excluding steroid dienone is 1. The van der Waals surface area contributed by atoms with Crippen molar-refractivity contribution in [2.75, 3.05) is 0 Å². The van der Waals surface area contributed by atoms with Gasteiger partial charge in [0.15, 0.2) is 0 Å². The van der Waals surface area contributed by atoms with Crippen molar-refractivity contribution >= 4 is 17.8 Å². The van der Waals surface area contributed by atoms with Crippen LogP contribution in [0.5, 0.6) is 0 Å². The molecule has 0 bridgehead atoms. The van der Waals surface area contributed by atoms with Crippen LogP contribution in [0.1, 0.15) is 56.7 Å². The second-order valence-corrected chi connectivity index (χ2v) is 6.81. The number of amides is 2. The fraction of sp³-hybridized carbons (Fsp3) is 0.261. The van der Waals surface area contributed by atoms with Crippen LogP contribution in [-0.2, 0) is 29.0 Å². The van der Waals surface area contributed by atoms with Gasteiger partial charge in [-0.2, -0.15) is 0 Å². The lowest BCUT2D eigenvalue weighted by Gasteiger charge is -2.08. The summed E-state index contributed by atoms with van der Waals surface area (Å²) in [6.07, 6.45) is 6.20. The van der Waals surface area contributed by atoms with E-state index in [9.17, 15) is 14.4 Å². The Labute approximate surface area is 164 Å². The monoisotopic (exact) mass is 377 g/mol. The Hall–Kier alpha value is -3.21. The van der Waals surface area contributed by atoms with E-state index in [1.54, 1.807) is 18.2 Å². The van der Waals surface area contributed by atoms with Crippen molar-refractivity contribution in [2.24, 2.45) is 0 Å². The molecule has 5 nitrogen and oxygen atoms in total. The van der Waals surface area contributed by atoms with Crippen molar-refractivity contribution in [3.63, 3.8) is 0 Å². The second kappa shape index (κ2) is 9.13. The third-order valence-corrected chi connectivity index (χ3v) is 4.73. The minimum absolute atomic E-state index is 0.0503. The Morgan fingerprint density at radius 3 is 2.50 bits per heavy atom. The normalized spacial score (nSPS) is 12.4. The van der Waals surface area contributed by atoms with Crippen molar-refractivity contribution in [1.29, 1.82) is 0 Å². The fourth-order valence-corrected chi connectivity index (χ4v) is 3.23. The summed E-state index contributed by atoms with van der Waals surface area (Å²) in [5, 5.41) is 2.25. The molecule has 3 rings (SSSR count). The molecule has 0 radical (unpaired) electrons. The summed E-state index contributed by atoms with van der Waals surface area (Å²) < 4.78 is 5.34. The van der Waals surface area contributed by atoms with Gasteiger partial charge in [-0.3, -0.25) is 19.7 Å². The number of imide groups is 1. The molecule has 1 heterocycles. The van der Waals surface area contributed by atoms with Gasteiger partial charge in [0.1, 0.15) is 6.61 Å². The number of rotatable bonds is 9. The molecule has 0 saturated carbocycles. The lowest BCUT2D eigenvalue weighted by molar-refractivity contribution is -0.144. The molecule has 0 saturated heterocycles. The minimum atomic E-state index is -0.466. The molecule has 0 spiro atoms. The topological polar surface area (TPSA) is 72.5 Å². The van der Waals surface area contributed by atoms with Gasteiger partial charge >= 0.3 is 5.97 Å².